The predicted molar refractivity (Wildman–Crippen MR) is 62.6 cm³/mol. The molecule has 1 aromatic rings. The minimum Gasteiger partial charge on any atom is -0.383 e. The third-order valence-corrected chi connectivity index (χ3v) is 2.97. The summed E-state index contributed by atoms with van der Waals surface area (Å²) in [6, 6.07) is -0.0334. The lowest BCUT2D eigenvalue weighted by atomic mass is 10.1. The van der Waals surface area contributed by atoms with Crippen LogP contribution in [0.15, 0.2) is 6.33 Å². The minimum absolute atomic E-state index is 0.0334. The molecule has 6 heteroatoms. The molecule has 0 unspecified atom stereocenters. The number of hydrogen-bond acceptors (Lipinski definition) is 3. The molecule has 0 spiro atoms. The SMILES string of the molecule is COCCNC(=O)N1CCc2ncn(C)c2C1. The number of nitrogens with one attached hydrogen (secondary N) is 1. The first-order valence-electron chi connectivity index (χ1n) is 5.73. The Balaban J connectivity index is 1.92. The van der Waals surface area contributed by atoms with E-state index in [2.05, 4.69) is 10.3 Å². The molecular formula is C11H18N4O2. The number of methoxy groups -OCH3 is 1. The molecule has 0 radical (unpaired) electrons. The van der Waals surface area contributed by atoms with Gasteiger partial charge in [-0.15, -0.1) is 0 Å². The zero-order chi connectivity index (χ0) is 12.3. The third-order valence-electron chi connectivity index (χ3n) is 2.97. The van der Waals surface area contributed by atoms with Gasteiger partial charge in [0.25, 0.3) is 0 Å². The Hall–Kier alpha value is -1.56. The summed E-state index contributed by atoms with van der Waals surface area (Å²) in [4.78, 5) is 18.0. The number of imidazole rings is 1. The van der Waals surface area contributed by atoms with E-state index in [4.69, 9.17) is 4.74 Å². The number of hydrogen-bond donors (Lipinski definition) is 1. The molecule has 1 aliphatic rings. The van der Waals surface area contributed by atoms with Gasteiger partial charge in [0.2, 0.25) is 0 Å². The van der Waals surface area contributed by atoms with Crippen molar-refractivity contribution < 1.29 is 9.53 Å². The largest absolute Gasteiger partial charge is 0.383 e. The molecule has 17 heavy (non-hydrogen) atoms. The van der Waals surface area contributed by atoms with Gasteiger partial charge in [0, 0.05) is 33.7 Å². The summed E-state index contributed by atoms with van der Waals surface area (Å²) in [6.07, 6.45) is 2.63. The first-order valence-corrected chi connectivity index (χ1v) is 5.73. The standard InChI is InChI=1S/C11H18N4O2/c1-14-8-13-9-3-5-15(7-10(9)14)11(16)12-4-6-17-2/h8H,3-7H2,1-2H3,(H,12,16). The minimum atomic E-state index is -0.0334. The fourth-order valence-electron chi connectivity index (χ4n) is 1.96. The molecule has 6 nitrogen and oxygen atoms in total. The first-order chi connectivity index (χ1) is 8.22. The lowest BCUT2D eigenvalue weighted by molar-refractivity contribution is 0.175. The molecule has 2 heterocycles. The zero-order valence-corrected chi connectivity index (χ0v) is 10.3. The van der Waals surface area contributed by atoms with Crippen LogP contribution in [0.5, 0.6) is 0 Å². The van der Waals surface area contributed by atoms with Crippen LogP contribution >= 0.6 is 0 Å². The number of aromatic nitrogens is 2. The van der Waals surface area contributed by atoms with Gasteiger partial charge in [0.1, 0.15) is 0 Å². The quantitative estimate of drug-likeness (QED) is 0.762. The van der Waals surface area contributed by atoms with Crippen molar-refractivity contribution in [1.82, 2.24) is 19.8 Å². The van der Waals surface area contributed by atoms with Gasteiger partial charge in [-0.2, -0.15) is 0 Å². The van der Waals surface area contributed by atoms with E-state index in [0.717, 1.165) is 24.4 Å². The molecule has 0 saturated carbocycles. The Morgan fingerprint density at radius 1 is 1.65 bits per heavy atom. The topological polar surface area (TPSA) is 59.4 Å². The van der Waals surface area contributed by atoms with E-state index in [1.165, 1.54) is 0 Å². The molecule has 0 aromatic carbocycles. The van der Waals surface area contributed by atoms with Crippen molar-refractivity contribution in [3.8, 4) is 0 Å². The van der Waals surface area contributed by atoms with Crippen LogP contribution in [0, 0.1) is 0 Å². The van der Waals surface area contributed by atoms with Gasteiger partial charge in [0.15, 0.2) is 0 Å². The number of ether oxygens (including phenoxy) is 1. The molecule has 0 saturated heterocycles. The summed E-state index contributed by atoms with van der Waals surface area (Å²) < 4.78 is 6.87. The molecule has 1 aliphatic heterocycles. The second kappa shape index (κ2) is 5.18. The summed E-state index contributed by atoms with van der Waals surface area (Å²) in [5.74, 6) is 0. The molecule has 2 amide bonds. The molecule has 2 rings (SSSR count). The van der Waals surface area contributed by atoms with Crippen LogP contribution in [0.2, 0.25) is 0 Å². The van der Waals surface area contributed by atoms with E-state index in [0.29, 0.717) is 19.7 Å². The molecule has 94 valence electrons. The van der Waals surface area contributed by atoms with Crippen LogP contribution < -0.4 is 5.32 Å². The first kappa shape index (κ1) is 11.9. The van der Waals surface area contributed by atoms with Gasteiger partial charge in [0.05, 0.1) is 30.9 Å². The monoisotopic (exact) mass is 238 g/mol. The Labute approximate surface area is 101 Å². The van der Waals surface area contributed by atoms with Crippen molar-refractivity contribution in [2.75, 3.05) is 26.8 Å². The fraction of sp³-hybridized carbons (Fsp3) is 0.636. The highest BCUT2D eigenvalue weighted by molar-refractivity contribution is 5.74. The maximum absolute atomic E-state index is 11.8. The number of carbonyl (C=O) groups excluding carboxylic acids is 1. The number of urea groups is 1. The predicted octanol–water partition coefficient (Wildman–Crippen LogP) is 0.134. The van der Waals surface area contributed by atoms with Gasteiger partial charge < -0.3 is 19.5 Å². The van der Waals surface area contributed by atoms with Crippen LogP contribution in [0.25, 0.3) is 0 Å². The summed E-state index contributed by atoms with van der Waals surface area (Å²) in [7, 11) is 3.58. The maximum atomic E-state index is 11.8. The Kier molecular flexibility index (Phi) is 3.63. The van der Waals surface area contributed by atoms with Gasteiger partial charge in [-0.05, 0) is 0 Å². The zero-order valence-electron chi connectivity index (χ0n) is 10.3. The van der Waals surface area contributed by atoms with E-state index in [1.807, 2.05) is 11.6 Å². The molecule has 0 atom stereocenters. The maximum Gasteiger partial charge on any atom is 0.317 e. The fourth-order valence-corrected chi connectivity index (χ4v) is 1.96. The highest BCUT2D eigenvalue weighted by Gasteiger charge is 2.23. The number of rotatable bonds is 3. The van der Waals surface area contributed by atoms with Gasteiger partial charge in [-0.1, -0.05) is 0 Å². The second-order valence-corrected chi connectivity index (χ2v) is 4.15. The summed E-state index contributed by atoms with van der Waals surface area (Å²) in [5.41, 5.74) is 2.23. The average molecular weight is 238 g/mol. The summed E-state index contributed by atoms with van der Waals surface area (Å²) in [5, 5.41) is 2.83. The van der Waals surface area contributed by atoms with Crippen molar-refractivity contribution in [3.05, 3.63) is 17.7 Å². The number of aryl methyl sites for hydroxylation is 1. The van der Waals surface area contributed by atoms with E-state index < -0.39 is 0 Å². The number of fused-ring (bicyclic) bond motifs is 1. The van der Waals surface area contributed by atoms with Crippen LogP contribution in [0.1, 0.15) is 11.4 Å². The van der Waals surface area contributed by atoms with Gasteiger partial charge in [-0.25, -0.2) is 9.78 Å². The number of nitrogens with zero attached hydrogens (tertiary/aromatic N) is 3. The van der Waals surface area contributed by atoms with Crippen LogP contribution in [0.3, 0.4) is 0 Å². The lowest BCUT2D eigenvalue weighted by Crippen LogP contribution is -2.44. The van der Waals surface area contributed by atoms with Crippen molar-refractivity contribution in [2.45, 2.75) is 13.0 Å². The Morgan fingerprint density at radius 2 is 2.47 bits per heavy atom. The van der Waals surface area contributed by atoms with Crippen LogP contribution in [-0.4, -0.2) is 47.3 Å². The second-order valence-electron chi connectivity index (χ2n) is 4.15. The summed E-state index contributed by atoms with van der Waals surface area (Å²) >= 11 is 0. The lowest BCUT2D eigenvalue weighted by Gasteiger charge is -2.27. The summed E-state index contributed by atoms with van der Waals surface area (Å²) in [6.45, 7) is 2.44. The normalized spacial score (nSPS) is 14.6. The van der Waals surface area contributed by atoms with Gasteiger partial charge >= 0.3 is 6.03 Å². The molecule has 1 N–H and O–H groups in total. The molecular weight excluding hydrogens is 220 g/mol. The van der Waals surface area contributed by atoms with E-state index in [-0.39, 0.29) is 6.03 Å². The van der Waals surface area contributed by atoms with Crippen molar-refractivity contribution >= 4 is 6.03 Å². The molecule has 0 bridgehead atoms. The van der Waals surface area contributed by atoms with Gasteiger partial charge in [-0.3, -0.25) is 0 Å². The highest BCUT2D eigenvalue weighted by Crippen LogP contribution is 2.16. The third kappa shape index (κ3) is 2.58. The molecule has 0 fully saturated rings. The van der Waals surface area contributed by atoms with E-state index in [9.17, 15) is 4.79 Å². The van der Waals surface area contributed by atoms with Crippen LogP contribution in [-0.2, 0) is 24.8 Å². The number of amides is 2. The highest BCUT2D eigenvalue weighted by atomic mass is 16.5. The average Bonchev–Trinajstić information content (AvgIpc) is 2.71. The number of carbonyl (C=O) groups is 1. The van der Waals surface area contributed by atoms with Crippen molar-refractivity contribution in [3.63, 3.8) is 0 Å². The smallest absolute Gasteiger partial charge is 0.317 e. The van der Waals surface area contributed by atoms with E-state index in [1.54, 1.807) is 18.3 Å². The van der Waals surface area contributed by atoms with E-state index >= 15 is 0 Å². The van der Waals surface area contributed by atoms with Crippen LogP contribution in [0.4, 0.5) is 4.79 Å². The Bertz CT molecular complexity index is 402. The Morgan fingerprint density at radius 3 is 3.24 bits per heavy atom. The van der Waals surface area contributed by atoms with Crippen molar-refractivity contribution in [2.24, 2.45) is 7.05 Å². The molecule has 1 aromatic heterocycles. The molecule has 0 aliphatic carbocycles. The van der Waals surface area contributed by atoms with Crippen molar-refractivity contribution in [1.29, 1.82) is 0 Å².